The molecule has 0 spiro atoms. The van der Waals surface area contributed by atoms with Gasteiger partial charge in [-0.3, -0.25) is 19.5 Å². The van der Waals surface area contributed by atoms with Crippen LogP contribution in [0.4, 0.5) is 5.13 Å². The largest absolute Gasteiger partial charge is 0.345 e. The molecule has 2 aromatic heterocycles. The fourth-order valence-electron chi connectivity index (χ4n) is 3.73. The predicted molar refractivity (Wildman–Crippen MR) is 151 cm³/mol. The summed E-state index contributed by atoms with van der Waals surface area (Å²) in [7, 11) is 0. The van der Waals surface area contributed by atoms with Gasteiger partial charge in [0, 0.05) is 5.56 Å². The molecule has 11 heteroatoms. The zero-order valence-electron chi connectivity index (χ0n) is 22.3. The minimum Gasteiger partial charge on any atom is -0.345 e. The number of anilines is 1. The smallest absolute Gasteiger partial charge is 0.251 e. The number of rotatable bonds is 8. The molecule has 38 heavy (non-hydrogen) atoms. The summed E-state index contributed by atoms with van der Waals surface area (Å²) in [5.41, 5.74) is 4.75. The molecule has 4 aromatic rings. The molecule has 2 heterocycles. The molecule has 0 aliphatic heterocycles. The van der Waals surface area contributed by atoms with Gasteiger partial charge in [0.1, 0.15) is 5.01 Å². The zero-order chi connectivity index (χ0) is 27.4. The van der Waals surface area contributed by atoms with Crippen LogP contribution >= 0.6 is 23.1 Å². The Hall–Kier alpha value is -3.57. The summed E-state index contributed by atoms with van der Waals surface area (Å²) in [5, 5.41) is 24.1. The van der Waals surface area contributed by atoms with Crippen molar-refractivity contribution in [1.82, 2.24) is 30.3 Å². The maximum Gasteiger partial charge on any atom is 0.251 e. The lowest BCUT2D eigenvalue weighted by atomic mass is 9.87. The first-order chi connectivity index (χ1) is 18.0. The number of hydrogen-bond donors (Lipinski definition) is 2. The summed E-state index contributed by atoms with van der Waals surface area (Å²) in [6.45, 7) is 12.4. The molecular formula is C27H31N7O2S2. The van der Waals surface area contributed by atoms with E-state index in [1.54, 1.807) is 0 Å². The Balaban J connectivity index is 1.53. The first-order valence-corrected chi connectivity index (χ1v) is 13.9. The maximum atomic E-state index is 12.9. The molecule has 0 saturated heterocycles. The average molecular weight is 550 g/mol. The lowest BCUT2D eigenvalue weighted by Crippen LogP contribution is -2.25. The van der Waals surface area contributed by atoms with E-state index in [0.717, 1.165) is 27.4 Å². The third-order valence-electron chi connectivity index (χ3n) is 5.83. The van der Waals surface area contributed by atoms with Crippen molar-refractivity contribution in [3.8, 4) is 5.69 Å². The van der Waals surface area contributed by atoms with Crippen LogP contribution in [0, 0.1) is 20.8 Å². The van der Waals surface area contributed by atoms with Gasteiger partial charge in [-0.1, -0.05) is 68.1 Å². The number of carbonyl (C=O) groups is 2. The highest BCUT2D eigenvalue weighted by Gasteiger charge is 2.19. The van der Waals surface area contributed by atoms with Gasteiger partial charge in [0.2, 0.25) is 11.0 Å². The third kappa shape index (κ3) is 6.65. The van der Waals surface area contributed by atoms with Crippen LogP contribution in [0.2, 0.25) is 0 Å². The highest BCUT2D eigenvalue weighted by Crippen LogP contribution is 2.26. The number of nitrogens with one attached hydrogen (secondary N) is 2. The average Bonchev–Trinajstić information content (AvgIpc) is 3.47. The van der Waals surface area contributed by atoms with E-state index in [4.69, 9.17) is 0 Å². The topological polar surface area (TPSA) is 115 Å². The van der Waals surface area contributed by atoms with Crippen molar-refractivity contribution in [3.63, 3.8) is 0 Å². The van der Waals surface area contributed by atoms with Crippen molar-refractivity contribution in [1.29, 1.82) is 0 Å². The van der Waals surface area contributed by atoms with E-state index in [-0.39, 0.29) is 29.5 Å². The summed E-state index contributed by atoms with van der Waals surface area (Å²) >= 11 is 2.58. The van der Waals surface area contributed by atoms with E-state index >= 15 is 0 Å². The Morgan fingerprint density at radius 3 is 2.37 bits per heavy atom. The van der Waals surface area contributed by atoms with E-state index in [0.29, 0.717) is 21.7 Å². The second-order valence-corrected chi connectivity index (χ2v) is 12.1. The quantitative estimate of drug-likeness (QED) is 0.297. The summed E-state index contributed by atoms with van der Waals surface area (Å²) in [6, 6.07) is 13.8. The number of benzene rings is 2. The Bertz CT molecular complexity index is 1450. The van der Waals surface area contributed by atoms with Crippen LogP contribution in [0.15, 0.2) is 47.6 Å². The summed E-state index contributed by atoms with van der Waals surface area (Å²) in [4.78, 5) is 25.4. The minimum atomic E-state index is -0.213. The van der Waals surface area contributed by atoms with Gasteiger partial charge in [0.25, 0.3) is 5.91 Å². The first-order valence-electron chi connectivity index (χ1n) is 12.1. The molecule has 2 N–H and O–H groups in total. The van der Waals surface area contributed by atoms with Gasteiger partial charge in [0.15, 0.2) is 11.0 Å². The van der Waals surface area contributed by atoms with E-state index in [2.05, 4.69) is 51.8 Å². The molecule has 0 fully saturated rings. The number of thioether (sulfide) groups is 1. The van der Waals surface area contributed by atoms with Gasteiger partial charge in [-0.05, 0) is 61.1 Å². The first kappa shape index (κ1) is 27.5. The molecule has 2 aromatic carbocycles. The fraction of sp³-hybridized carbons (Fsp3) is 0.333. The number of carbonyl (C=O) groups excluding carboxylic acids is 2. The van der Waals surface area contributed by atoms with E-state index in [1.165, 1.54) is 23.1 Å². The predicted octanol–water partition coefficient (Wildman–Crippen LogP) is 5.00. The molecular weight excluding hydrogens is 518 g/mol. The van der Waals surface area contributed by atoms with E-state index in [9.17, 15) is 9.59 Å². The number of aromatic nitrogens is 5. The van der Waals surface area contributed by atoms with Crippen molar-refractivity contribution in [2.24, 2.45) is 0 Å². The Kier molecular flexibility index (Phi) is 8.27. The highest BCUT2D eigenvalue weighted by molar-refractivity contribution is 7.99. The fourth-order valence-corrected chi connectivity index (χ4v) is 5.10. The zero-order valence-corrected chi connectivity index (χ0v) is 24.0. The molecule has 4 rings (SSSR count). The molecule has 0 aliphatic rings. The van der Waals surface area contributed by atoms with Crippen LogP contribution in [0.3, 0.4) is 0 Å². The summed E-state index contributed by atoms with van der Waals surface area (Å²) in [5.74, 6) is 0.284. The Morgan fingerprint density at radius 2 is 1.71 bits per heavy atom. The van der Waals surface area contributed by atoms with Gasteiger partial charge < -0.3 is 5.32 Å². The summed E-state index contributed by atoms with van der Waals surface area (Å²) < 4.78 is 1.90. The monoisotopic (exact) mass is 549 g/mol. The normalized spacial score (nSPS) is 11.4. The molecule has 2 amide bonds. The minimum absolute atomic E-state index is 0.0121. The van der Waals surface area contributed by atoms with Crippen LogP contribution in [0.25, 0.3) is 5.69 Å². The van der Waals surface area contributed by atoms with Gasteiger partial charge in [0.05, 0.1) is 18.0 Å². The molecule has 9 nitrogen and oxygen atoms in total. The van der Waals surface area contributed by atoms with Gasteiger partial charge >= 0.3 is 0 Å². The molecule has 0 saturated carbocycles. The van der Waals surface area contributed by atoms with Crippen molar-refractivity contribution in [2.45, 2.75) is 58.7 Å². The van der Waals surface area contributed by atoms with E-state index < -0.39 is 0 Å². The van der Waals surface area contributed by atoms with Crippen LogP contribution in [-0.2, 0) is 16.8 Å². The molecule has 198 valence electrons. The van der Waals surface area contributed by atoms with E-state index in [1.807, 2.05) is 67.8 Å². The highest BCUT2D eigenvalue weighted by atomic mass is 32.2. The number of hydrogen-bond acceptors (Lipinski definition) is 8. The van der Waals surface area contributed by atoms with Gasteiger partial charge in [-0.25, -0.2) is 0 Å². The summed E-state index contributed by atoms with van der Waals surface area (Å²) in [6.07, 6.45) is 0. The van der Waals surface area contributed by atoms with Gasteiger partial charge in [-0.15, -0.1) is 20.4 Å². The standard InChI is InChI=1S/C27H31N7O2S2/c1-16-7-8-17(2)21(13-16)34-22(14-28-24(36)19-9-11-20(12-10-19)27(4,5)6)31-33-26(34)37-15-23(35)29-25-32-30-18(3)38-25/h7-13H,14-15H2,1-6H3,(H,28,36)(H,29,32,35). The molecule has 0 bridgehead atoms. The molecule has 0 radical (unpaired) electrons. The lowest BCUT2D eigenvalue weighted by Gasteiger charge is -2.19. The van der Waals surface area contributed by atoms with Crippen molar-refractivity contribution < 1.29 is 9.59 Å². The van der Waals surface area contributed by atoms with Crippen molar-refractivity contribution in [3.05, 3.63) is 75.6 Å². The Morgan fingerprint density at radius 1 is 0.974 bits per heavy atom. The molecule has 0 unspecified atom stereocenters. The van der Waals surface area contributed by atoms with Gasteiger partial charge in [-0.2, -0.15) is 0 Å². The van der Waals surface area contributed by atoms with Crippen LogP contribution in [0.5, 0.6) is 0 Å². The number of amides is 2. The van der Waals surface area contributed by atoms with Crippen LogP contribution in [-0.4, -0.2) is 42.5 Å². The van der Waals surface area contributed by atoms with Crippen LogP contribution < -0.4 is 10.6 Å². The van der Waals surface area contributed by atoms with Crippen molar-refractivity contribution in [2.75, 3.05) is 11.1 Å². The second-order valence-electron chi connectivity index (χ2n) is 10.00. The second kappa shape index (κ2) is 11.4. The van der Waals surface area contributed by atoms with Crippen LogP contribution in [0.1, 0.15) is 58.7 Å². The number of aryl methyl sites for hydroxylation is 3. The molecule has 0 atom stereocenters. The maximum absolute atomic E-state index is 12.9. The number of nitrogens with zero attached hydrogens (tertiary/aromatic N) is 5. The molecule has 0 aliphatic carbocycles. The lowest BCUT2D eigenvalue weighted by molar-refractivity contribution is -0.113. The Labute approximate surface area is 230 Å². The van der Waals surface area contributed by atoms with Crippen molar-refractivity contribution >= 4 is 40.0 Å². The third-order valence-corrected chi connectivity index (χ3v) is 7.51. The SMILES string of the molecule is Cc1ccc(C)c(-n2c(CNC(=O)c3ccc(C(C)(C)C)cc3)nnc2SCC(=O)Nc2nnc(C)s2)c1.